The van der Waals surface area contributed by atoms with Crippen molar-refractivity contribution in [2.75, 3.05) is 13.9 Å². The molecule has 2 aromatic carbocycles. The summed E-state index contributed by atoms with van der Waals surface area (Å²) in [4.78, 5) is 24.8. The molecule has 3 heterocycles. The number of ether oxygens (including phenoxy) is 3. The van der Waals surface area contributed by atoms with Crippen LogP contribution < -0.4 is 25.2 Å². The van der Waals surface area contributed by atoms with Crippen molar-refractivity contribution in [2.24, 2.45) is 0 Å². The number of methoxy groups -OCH3 is 1. The summed E-state index contributed by atoms with van der Waals surface area (Å²) in [7, 11) is 1.48. The first kappa shape index (κ1) is 18.7. The Kier molecular flexibility index (Phi) is 4.55. The smallest absolute Gasteiger partial charge is 0.349 e. The summed E-state index contributed by atoms with van der Waals surface area (Å²) in [5.74, 6) is 1.65. The van der Waals surface area contributed by atoms with E-state index in [1.165, 1.54) is 13.2 Å². The van der Waals surface area contributed by atoms with Crippen LogP contribution in [0.25, 0.3) is 22.3 Å². The first-order chi connectivity index (χ1) is 15.1. The SMILES string of the molecule is COc1cccc2cc(C(=O)NCc3cc(-c4ccc5c(c4)OCO5)on3)c(=O)oc12. The quantitative estimate of drug-likeness (QED) is 0.490. The summed E-state index contributed by atoms with van der Waals surface area (Å²) in [6.45, 7) is 0.254. The van der Waals surface area contributed by atoms with Crippen LogP contribution >= 0.6 is 0 Å². The van der Waals surface area contributed by atoms with Crippen LogP contribution in [0.2, 0.25) is 0 Å². The lowest BCUT2D eigenvalue weighted by molar-refractivity contribution is 0.0946. The summed E-state index contributed by atoms with van der Waals surface area (Å²) in [5.41, 5.74) is 0.679. The van der Waals surface area contributed by atoms with E-state index in [0.717, 1.165) is 5.56 Å². The second-order valence-corrected chi connectivity index (χ2v) is 6.76. The van der Waals surface area contributed by atoms with E-state index in [4.69, 9.17) is 23.2 Å². The van der Waals surface area contributed by atoms with Crippen molar-refractivity contribution in [3.63, 3.8) is 0 Å². The molecule has 0 bridgehead atoms. The Bertz CT molecular complexity index is 1360. The van der Waals surface area contributed by atoms with Gasteiger partial charge in [0.1, 0.15) is 11.3 Å². The van der Waals surface area contributed by atoms with Crippen molar-refractivity contribution >= 4 is 16.9 Å². The fourth-order valence-electron chi connectivity index (χ4n) is 3.28. The van der Waals surface area contributed by atoms with Crippen molar-refractivity contribution in [3.8, 4) is 28.6 Å². The van der Waals surface area contributed by atoms with E-state index in [0.29, 0.717) is 34.1 Å². The molecule has 1 N–H and O–H groups in total. The number of carbonyl (C=O) groups excluding carboxylic acids is 1. The largest absolute Gasteiger partial charge is 0.493 e. The first-order valence-electron chi connectivity index (χ1n) is 9.37. The number of nitrogens with zero attached hydrogens (tertiary/aromatic N) is 1. The van der Waals surface area contributed by atoms with Gasteiger partial charge in [-0.15, -0.1) is 0 Å². The van der Waals surface area contributed by atoms with Crippen LogP contribution in [0.3, 0.4) is 0 Å². The van der Waals surface area contributed by atoms with Gasteiger partial charge in [-0.05, 0) is 30.3 Å². The van der Waals surface area contributed by atoms with Gasteiger partial charge in [-0.2, -0.15) is 0 Å². The number of para-hydroxylation sites is 1. The Hall–Kier alpha value is -4.27. The summed E-state index contributed by atoms with van der Waals surface area (Å²) >= 11 is 0. The standard InChI is InChI=1S/C22H16N2O7/c1-27-17-4-2-3-13-7-15(22(26)30-20(13)17)21(25)23-10-14-9-18(31-24-14)12-5-6-16-19(8-12)29-11-28-16/h2-9H,10-11H2,1H3,(H,23,25). The number of carbonyl (C=O) groups is 1. The number of fused-ring (bicyclic) bond motifs is 2. The highest BCUT2D eigenvalue weighted by molar-refractivity contribution is 5.97. The zero-order valence-electron chi connectivity index (χ0n) is 16.3. The van der Waals surface area contributed by atoms with Gasteiger partial charge in [-0.3, -0.25) is 4.79 Å². The second-order valence-electron chi connectivity index (χ2n) is 6.76. The van der Waals surface area contributed by atoms with Gasteiger partial charge in [0.2, 0.25) is 6.79 Å². The molecule has 0 atom stereocenters. The maximum Gasteiger partial charge on any atom is 0.349 e. The lowest BCUT2D eigenvalue weighted by Crippen LogP contribution is -2.28. The second kappa shape index (κ2) is 7.52. The minimum absolute atomic E-state index is 0.0719. The molecule has 0 spiro atoms. The van der Waals surface area contributed by atoms with Gasteiger partial charge in [0.25, 0.3) is 5.91 Å². The Morgan fingerprint density at radius 1 is 1.13 bits per heavy atom. The number of hydrogen-bond acceptors (Lipinski definition) is 8. The molecule has 1 amide bonds. The number of rotatable bonds is 5. The van der Waals surface area contributed by atoms with Crippen LogP contribution in [0.5, 0.6) is 17.2 Å². The number of benzene rings is 2. The number of nitrogens with one attached hydrogen (secondary N) is 1. The molecular formula is C22H16N2O7. The zero-order chi connectivity index (χ0) is 21.4. The molecule has 0 saturated carbocycles. The molecule has 1 aliphatic heterocycles. The fourth-order valence-corrected chi connectivity index (χ4v) is 3.28. The predicted octanol–water partition coefficient (Wildman–Crippen LogP) is 3.12. The average molecular weight is 420 g/mol. The van der Waals surface area contributed by atoms with Gasteiger partial charge in [-0.1, -0.05) is 17.3 Å². The monoisotopic (exact) mass is 420 g/mol. The Balaban J connectivity index is 1.32. The molecule has 31 heavy (non-hydrogen) atoms. The van der Waals surface area contributed by atoms with Crippen molar-refractivity contribution in [3.05, 3.63) is 70.2 Å². The lowest BCUT2D eigenvalue weighted by atomic mass is 10.1. The topological polar surface area (TPSA) is 113 Å². The molecule has 2 aromatic heterocycles. The van der Waals surface area contributed by atoms with Crippen LogP contribution in [-0.2, 0) is 6.54 Å². The third-order valence-electron chi connectivity index (χ3n) is 4.83. The molecule has 5 rings (SSSR count). The third kappa shape index (κ3) is 3.46. The van der Waals surface area contributed by atoms with Gasteiger partial charge in [-0.25, -0.2) is 4.79 Å². The van der Waals surface area contributed by atoms with E-state index in [1.54, 1.807) is 36.4 Å². The van der Waals surface area contributed by atoms with Gasteiger partial charge in [0.15, 0.2) is 28.6 Å². The third-order valence-corrected chi connectivity index (χ3v) is 4.83. The minimum atomic E-state index is -0.754. The molecule has 156 valence electrons. The fraction of sp³-hybridized carbons (Fsp3) is 0.136. The van der Waals surface area contributed by atoms with E-state index < -0.39 is 11.5 Å². The summed E-state index contributed by atoms with van der Waals surface area (Å²) in [5, 5.41) is 7.20. The highest BCUT2D eigenvalue weighted by atomic mass is 16.7. The molecule has 0 radical (unpaired) electrons. The van der Waals surface area contributed by atoms with Crippen molar-refractivity contribution in [2.45, 2.75) is 6.54 Å². The number of hydrogen-bond donors (Lipinski definition) is 1. The summed E-state index contributed by atoms with van der Waals surface area (Å²) < 4.78 is 26.5. The normalized spacial score (nSPS) is 12.2. The molecule has 9 nitrogen and oxygen atoms in total. The maximum atomic E-state index is 12.6. The van der Waals surface area contributed by atoms with Crippen LogP contribution in [0, 0.1) is 0 Å². The lowest BCUT2D eigenvalue weighted by Gasteiger charge is -2.06. The van der Waals surface area contributed by atoms with Gasteiger partial charge in [0.05, 0.1) is 13.7 Å². The Morgan fingerprint density at radius 3 is 2.87 bits per heavy atom. The molecule has 0 fully saturated rings. The molecule has 0 saturated heterocycles. The van der Waals surface area contributed by atoms with E-state index in [-0.39, 0.29) is 24.5 Å². The average Bonchev–Trinajstić information content (AvgIpc) is 3.45. The predicted molar refractivity (Wildman–Crippen MR) is 108 cm³/mol. The van der Waals surface area contributed by atoms with Crippen molar-refractivity contribution in [1.29, 1.82) is 0 Å². The van der Waals surface area contributed by atoms with Crippen LogP contribution in [0.1, 0.15) is 16.1 Å². The van der Waals surface area contributed by atoms with Gasteiger partial charge in [0, 0.05) is 17.0 Å². The minimum Gasteiger partial charge on any atom is -0.493 e. The number of aromatic nitrogens is 1. The molecule has 0 aliphatic carbocycles. The van der Waals surface area contributed by atoms with Crippen molar-refractivity contribution < 1.29 is 27.9 Å². The highest BCUT2D eigenvalue weighted by Crippen LogP contribution is 2.36. The zero-order valence-corrected chi connectivity index (χ0v) is 16.3. The molecular weight excluding hydrogens is 404 g/mol. The summed E-state index contributed by atoms with van der Waals surface area (Å²) in [6.07, 6.45) is 0. The highest BCUT2D eigenvalue weighted by Gasteiger charge is 2.18. The Morgan fingerprint density at radius 2 is 2.00 bits per heavy atom. The summed E-state index contributed by atoms with van der Waals surface area (Å²) in [6, 6.07) is 13.7. The van der Waals surface area contributed by atoms with Gasteiger partial charge >= 0.3 is 5.63 Å². The van der Waals surface area contributed by atoms with Crippen molar-refractivity contribution in [1.82, 2.24) is 10.5 Å². The van der Waals surface area contributed by atoms with E-state index in [2.05, 4.69) is 10.5 Å². The van der Waals surface area contributed by atoms with Crippen LogP contribution in [0.15, 0.2) is 62.3 Å². The van der Waals surface area contributed by atoms with E-state index in [1.807, 2.05) is 6.07 Å². The van der Waals surface area contributed by atoms with Crippen LogP contribution in [0.4, 0.5) is 0 Å². The first-order valence-corrected chi connectivity index (χ1v) is 9.37. The molecule has 0 unspecified atom stereocenters. The van der Waals surface area contributed by atoms with Crippen LogP contribution in [-0.4, -0.2) is 25.0 Å². The maximum absolute atomic E-state index is 12.6. The molecule has 1 aliphatic rings. The van der Waals surface area contributed by atoms with E-state index in [9.17, 15) is 9.59 Å². The van der Waals surface area contributed by atoms with E-state index >= 15 is 0 Å². The van der Waals surface area contributed by atoms with Gasteiger partial charge < -0.3 is 28.5 Å². The number of amides is 1. The molecule has 9 heteroatoms. The Labute approximate surface area is 175 Å². The molecule has 4 aromatic rings.